The number of hydrogen-bond donors (Lipinski definition) is 3. The summed E-state index contributed by atoms with van der Waals surface area (Å²) in [5.41, 5.74) is 6.97. The molecule has 0 aliphatic carbocycles. The standard InChI is InChI=1S/C24H25N3O3S/c1-24(2,3)18-13-11-17(12-14-18)21(28)26-27-23(30)20(16-8-5-4-6-9-16)25-22(29)19-10-7-15-31-19/h4-15,20H,1-3H3,(H,25,29)(H,26,28)(H,27,30). The number of amides is 3. The van der Waals surface area contributed by atoms with Gasteiger partial charge in [0.15, 0.2) is 0 Å². The van der Waals surface area contributed by atoms with Gasteiger partial charge in [0.05, 0.1) is 4.88 Å². The fraction of sp³-hybridized carbons (Fsp3) is 0.208. The van der Waals surface area contributed by atoms with Gasteiger partial charge in [-0.1, -0.05) is 69.3 Å². The Labute approximate surface area is 185 Å². The molecule has 160 valence electrons. The molecule has 3 amide bonds. The number of carbonyl (C=O) groups excluding carboxylic acids is 3. The van der Waals surface area contributed by atoms with Gasteiger partial charge in [-0.15, -0.1) is 11.3 Å². The zero-order chi connectivity index (χ0) is 22.4. The first-order valence-electron chi connectivity index (χ1n) is 9.86. The number of hydrogen-bond acceptors (Lipinski definition) is 4. The van der Waals surface area contributed by atoms with Gasteiger partial charge in [0.25, 0.3) is 17.7 Å². The molecule has 7 heteroatoms. The molecule has 1 unspecified atom stereocenters. The summed E-state index contributed by atoms with van der Waals surface area (Å²) >= 11 is 1.28. The molecule has 1 atom stereocenters. The minimum absolute atomic E-state index is 0.0209. The van der Waals surface area contributed by atoms with E-state index in [4.69, 9.17) is 0 Å². The number of hydrazine groups is 1. The Balaban J connectivity index is 1.68. The molecule has 0 saturated heterocycles. The molecule has 1 aromatic heterocycles. The van der Waals surface area contributed by atoms with Gasteiger partial charge in [-0.3, -0.25) is 25.2 Å². The predicted molar refractivity (Wildman–Crippen MR) is 122 cm³/mol. The van der Waals surface area contributed by atoms with Crippen LogP contribution < -0.4 is 16.2 Å². The average molecular weight is 436 g/mol. The first kappa shape index (κ1) is 22.2. The molecule has 3 aromatic rings. The predicted octanol–water partition coefficient (Wildman–Crippen LogP) is 3.98. The van der Waals surface area contributed by atoms with E-state index >= 15 is 0 Å². The van der Waals surface area contributed by atoms with Crippen LogP contribution in [0.1, 0.15) is 58.0 Å². The van der Waals surface area contributed by atoms with Crippen LogP contribution >= 0.6 is 11.3 Å². The van der Waals surface area contributed by atoms with Gasteiger partial charge in [0.1, 0.15) is 6.04 Å². The smallest absolute Gasteiger partial charge is 0.269 e. The van der Waals surface area contributed by atoms with Crippen LogP contribution in [-0.2, 0) is 10.2 Å². The van der Waals surface area contributed by atoms with Crippen molar-refractivity contribution in [3.63, 3.8) is 0 Å². The van der Waals surface area contributed by atoms with Crippen LogP contribution in [0.4, 0.5) is 0 Å². The van der Waals surface area contributed by atoms with E-state index in [1.54, 1.807) is 53.9 Å². The summed E-state index contributed by atoms with van der Waals surface area (Å²) in [6, 6.07) is 18.6. The van der Waals surface area contributed by atoms with Gasteiger partial charge in [0, 0.05) is 5.56 Å². The first-order valence-corrected chi connectivity index (χ1v) is 10.7. The molecule has 0 spiro atoms. The molecule has 6 nitrogen and oxygen atoms in total. The van der Waals surface area contributed by atoms with Crippen molar-refractivity contribution >= 4 is 29.1 Å². The Morgan fingerprint density at radius 3 is 2.06 bits per heavy atom. The summed E-state index contributed by atoms with van der Waals surface area (Å²) in [7, 11) is 0. The third kappa shape index (κ3) is 5.79. The molecular formula is C24H25N3O3S. The Kier molecular flexibility index (Phi) is 6.87. The zero-order valence-corrected chi connectivity index (χ0v) is 18.5. The highest BCUT2D eigenvalue weighted by atomic mass is 32.1. The Morgan fingerprint density at radius 2 is 1.48 bits per heavy atom. The molecule has 0 radical (unpaired) electrons. The SMILES string of the molecule is CC(C)(C)c1ccc(C(=O)NNC(=O)C(NC(=O)c2cccs2)c2ccccc2)cc1. The highest BCUT2D eigenvalue weighted by Crippen LogP contribution is 2.22. The van der Waals surface area contributed by atoms with Crippen molar-refractivity contribution in [1.82, 2.24) is 16.2 Å². The highest BCUT2D eigenvalue weighted by Gasteiger charge is 2.24. The number of benzene rings is 2. The number of thiophene rings is 1. The van der Waals surface area contributed by atoms with Gasteiger partial charge in [-0.2, -0.15) is 0 Å². The van der Waals surface area contributed by atoms with Gasteiger partial charge < -0.3 is 5.32 Å². The van der Waals surface area contributed by atoms with Crippen molar-refractivity contribution in [3.8, 4) is 0 Å². The Morgan fingerprint density at radius 1 is 0.806 bits per heavy atom. The van der Waals surface area contributed by atoms with Crippen LogP contribution in [0.3, 0.4) is 0 Å². The first-order chi connectivity index (χ1) is 14.8. The third-order valence-electron chi connectivity index (χ3n) is 4.73. The maximum atomic E-state index is 12.8. The van der Waals surface area contributed by atoms with Crippen LogP contribution in [0, 0.1) is 0 Å². The summed E-state index contributed by atoms with van der Waals surface area (Å²) in [4.78, 5) is 38.3. The molecular weight excluding hydrogens is 410 g/mol. The summed E-state index contributed by atoms with van der Waals surface area (Å²) in [6.45, 7) is 6.28. The van der Waals surface area contributed by atoms with E-state index in [9.17, 15) is 14.4 Å². The lowest BCUT2D eigenvalue weighted by atomic mass is 9.87. The van der Waals surface area contributed by atoms with E-state index in [0.717, 1.165) is 5.56 Å². The van der Waals surface area contributed by atoms with Crippen LogP contribution in [-0.4, -0.2) is 17.7 Å². The Bertz CT molecular complexity index is 1040. The molecule has 31 heavy (non-hydrogen) atoms. The van der Waals surface area contributed by atoms with Crippen molar-refractivity contribution in [1.29, 1.82) is 0 Å². The van der Waals surface area contributed by atoms with Crippen molar-refractivity contribution in [2.45, 2.75) is 32.2 Å². The van der Waals surface area contributed by atoms with Crippen molar-refractivity contribution in [2.24, 2.45) is 0 Å². The fourth-order valence-corrected chi connectivity index (χ4v) is 3.57. The summed E-state index contributed by atoms with van der Waals surface area (Å²) in [5, 5.41) is 4.52. The molecule has 3 N–H and O–H groups in total. The fourth-order valence-electron chi connectivity index (χ4n) is 2.94. The summed E-state index contributed by atoms with van der Waals surface area (Å²) in [6.07, 6.45) is 0. The molecule has 0 saturated carbocycles. The Hall–Kier alpha value is -3.45. The zero-order valence-electron chi connectivity index (χ0n) is 17.6. The average Bonchev–Trinajstić information content (AvgIpc) is 3.30. The van der Waals surface area contributed by atoms with E-state index < -0.39 is 17.9 Å². The lowest BCUT2D eigenvalue weighted by Crippen LogP contribution is -2.48. The molecule has 0 fully saturated rings. The second-order valence-corrected chi connectivity index (χ2v) is 9.01. The van der Waals surface area contributed by atoms with Crippen LogP contribution in [0.15, 0.2) is 72.1 Å². The number of carbonyl (C=O) groups is 3. The third-order valence-corrected chi connectivity index (χ3v) is 5.60. The minimum atomic E-state index is -0.959. The lowest BCUT2D eigenvalue weighted by molar-refractivity contribution is -0.123. The normalized spacial score (nSPS) is 12.0. The number of rotatable bonds is 5. The molecule has 3 rings (SSSR count). The molecule has 0 aliphatic rings. The van der Waals surface area contributed by atoms with Gasteiger partial charge in [-0.25, -0.2) is 0 Å². The molecule has 2 aromatic carbocycles. The van der Waals surface area contributed by atoms with Gasteiger partial charge in [-0.05, 0) is 40.1 Å². The largest absolute Gasteiger partial charge is 0.336 e. The molecule has 0 bridgehead atoms. The van der Waals surface area contributed by atoms with Crippen molar-refractivity contribution in [2.75, 3.05) is 0 Å². The van der Waals surface area contributed by atoms with Crippen LogP contribution in [0.5, 0.6) is 0 Å². The topological polar surface area (TPSA) is 87.3 Å². The lowest BCUT2D eigenvalue weighted by Gasteiger charge is -2.20. The maximum Gasteiger partial charge on any atom is 0.269 e. The second kappa shape index (κ2) is 9.57. The van der Waals surface area contributed by atoms with E-state index in [1.807, 2.05) is 18.2 Å². The highest BCUT2D eigenvalue weighted by molar-refractivity contribution is 7.12. The van der Waals surface area contributed by atoms with E-state index in [1.165, 1.54) is 11.3 Å². The molecule has 1 heterocycles. The summed E-state index contributed by atoms with van der Waals surface area (Å²) in [5.74, 6) is -1.34. The maximum absolute atomic E-state index is 12.8. The minimum Gasteiger partial charge on any atom is -0.336 e. The number of nitrogens with one attached hydrogen (secondary N) is 3. The van der Waals surface area contributed by atoms with E-state index in [2.05, 4.69) is 36.9 Å². The quantitative estimate of drug-likeness (QED) is 0.530. The molecule has 0 aliphatic heterocycles. The van der Waals surface area contributed by atoms with Gasteiger partial charge >= 0.3 is 0 Å². The van der Waals surface area contributed by atoms with Gasteiger partial charge in [0.2, 0.25) is 0 Å². The van der Waals surface area contributed by atoms with Crippen LogP contribution in [0.2, 0.25) is 0 Å². The second-order valence-electron chi connectivity index (χ2n) is 8.07. The van der Waals surface area contributed by atoms with Crippen molar-refractivity contribution in [3.05, 3.63) is 93.7 Å². The summed E-state index contributed by atoms with van der Waals surface area (Å²) < 4.78 is 0. The van der Waals surface area contributed by atoms with Crippen LogP contribution in [0.25, 0.3) is 0 Å². The van der Waals surface area contributed by atoms with Crippen molar-refractivity contribution < 1.29 is 14.4 Å². The monoisotopic (exact) mass is 435 g/mol. The van der Waals surface area contributed by atoms with E-state index in [-0.39, 0.29) is 11.3 Å². The van der Waals surface area contributed by atoms with E-state index in [0.29, 0.717) is 16.0 Å².